The molecular weight excluding hydrogens is 338 g/mol. The topological polar surface area (TPSA) is 71.1 Å². The molecule has 0 saturated carbocycles. The van der Waals surface area contributed by atoms with Crippen LogP contribution in [0.25, 0.3) is 0 Å². The van der Waals surface area contributed by atoms with Crippen molar-refractivity contribution in [3.8, 4) is 0 Å². The summed E-state index contributed by atoms with van der Waals surface area (Å²) in [5.74, 6) is -0.492. The van der Waals surface area contributed by atoms with Gasteiger partial charge in [0.05, 0.1) is 0 Å². The van der Waals surface area contributed by atoms with Gasteiger partial charge in [-0.25, -0.2) is 0 Å². The van der Waals surface area contributed by atoms with Crippen molar-refractivity contribution in [3.05, 3.63) is 64.4 Å². The first-order valence-corrected chi connectivity index (χ1v) is 8.75. The van der Waals surface area contributed by atoms with E-state index in [1.165, 1.54) is 12.3 Å². The van der Waals surface area contributed by atoms with Crippen LogP contribution < -0.4 is 10.6 Å². The van der Waals surface area contributed by atoms with Gasteiger partial charge in [-0.2, -0.15) is 0 Å². The summed E-state index contributed by atoms with van der Waals surface area (Å²) >= 11 is 5.94. The van der Waals surface area contributed by atoms with Gasteiger partial charge in [-0.15, -0.1) is 0 Å². The van der Waals surface area contributed by atoms with Crippen LogP contribution in [-0.4, -0.2) is 29.9 Å². The Hall–Kier alpha value is -2.40. The van der Waals surface area contributed by atoms with E-state index in [-0.39, 0.29) is 17.5 Å². The summed E-state index contributed by atoms with van der Waals surface area (Å²) in [6.07, 6.45) is 4.07. The molecular formula is C19H22ClN3O2. The summed E-state index contributed by atoms with van der Waals surface area (Å²) in [5.41, 5.74) is 1.72. The molecule has 2 N–H and O–H groups in total. The van der Waals surface area contributed by atoms with Gasteiger partial charge in [0.2, 0.25) is 0 Å². The van der Waals surface area contributed by atoms with Crippen molar-refractivity contribution in [1.82, 2.24) is 15.6 Å². The van der Waals surface area contributed by atoms with Crippen LogP contribution in [0.15, 0.2) is 42.6 Å². The van der Waals surface area contributed by atoms with Gasteiger partial charge in [0, 0.05) is 29.9 Å². The molecule has 0 unspecified atom stereocenters. The first kappa shape index (κ1) is 18.9. The van der Waals surface area contributed by atoms with E-state index >= 15 is 0 Å². The van der Waals surface area contributed by atoms with Crippen LogP contribution in [0.4, 0.5) is 0 Å². The van der Waals surface area contributed by atoms with Gasteiger partial charge in [0.25, 0.3) is 11.8 Å². The van der Waals surface area contributed by atoms with Gasteiger partial charge in [-0.1, -0.05) is 37.1 Å². The molecule has 2 rings (SSSR count). The molecule has 0 aliphatic heterocycles. The Labute approximate surface area is 152 Å². The van der Waals surface area contributed by atoms with E-state index in [1.54, 1.807) is 6.07 Å². The van der Waals surface area contributed by atoms with Gasteiger partial charge in [-0.3, -0.25) is 14.6 Å². The van der Waals surface area contributed by atoms with Crippen molar-refractivity contribution in [1.29, 1.82) is 0 Å². The van der Waals surface area contributed by atoms with E-state index in [2.05, 4.69) is 22.5 Å². The Balaban J connectivity index is 1.88. The molecule has 0 aliphatic carbocycles. The molecule has 1 aromatic heterocycles. The van der Waals surface area contributed by atoms with Crippen LogP contribution in [-0.2, 0) is 6.42 Å². The van der Waals surface area contributed by atoms with E-state index in [9.17, 15) is 9.59 Å². The predicted molar refractivity (Wildman–Crippen MR) is 99.0 cm³/mol. The first-order valence-electron chi connectivity index (χ1n) is 8.37. The number of carbonyl (C=O) groups excluding carboxylic acids is 2. The molecule has 0 radical (unpaired) electrons. The molecule has 0 saturated heterocycles. The number of amides is 2. The monoisotopic (exact) mass is 359 g/mol. The maximum absolute atomic E-state index is 12.2. The number of nitrogens with one attached hydrogen (secondary N) is 2. The summed E-state index contributed by atoms with van der Waals surface area (Å²) in [4.78, 5) is 28.3. The molecule has 6 heteroatoms. The van der Waals surface area contributed by atoms with Crippen LogP contribution in [0.1, 0.15) is 46.2 Å². The Bertz CT molecular complexity index is 734. The molecule has 2 aromatic rings. The molecule has 1 aromatic carbocycles. The largest absolute Gasteiger partial charge is 0.352 e. The molecule has 0 bridgehead atoms. The minimum absolute atomic E-state index is 0.230. The molecule has 0 spiro atoms. The number of halogens is 1. The highest BCUT2D eigenvalue weighted by atomic mass is 35.5. The average molecular weight is 360 g/mol. The minimum Gasteiger partial charge on any atom is -0.352 e. The number of pyridine rings is 1. The third-order valence-corrected chi connectivity index (χ3v) is 3.89. The van der Waals surface area contributed by atoms with Gasteiger partial charge in [0.15, 0.2) is 0 Å². The quantitative estimate of drug-likeness (QED) is 0.711. The van der Waals surface area contributed by atoms with Crippen LogP contribution in [0, 0.1) is 0 Å². The maximum Gasteiger partial charge on any atom is 0.269 e. The molecule has 25 heavy (non-hydrogen) atoms. The fourth-order valence-corrected chi connectivity index (χ4v) is 2.49. The van der Waals surface area contributed by atoms with Crippen molar-refractivity contribution < 1.29 is 9.59 Å². The number of rotatable bonds is 8. The zero-order chi connectivity index (χ0) is 18.1. The molecule has 0 fully saturated rings. The second-order valence-corrected chi connectivity index (χ2v) is 6.11. The lowest BCUT2D eigenvalue weighted by Gasteiger charge is -2.07. The van der Waals surface area contributed by atoms with Crippen molar-refractivity contribution in [3.63, 3.8) is 0 Å². The van der Waals surface area contributed by atoms with E-state index in [4.69, 9.17) is 11.6 Å². The van der Waals surface area contributed by atoms with Gasteiger partial charge < -0.3 is 10.6 Å². The Morgan fingerprint density at radius 3 is 2.64 bits per heavy atom. The lowest BCUT2D eigenvalue weighted by atomic mass is 10.1. The Kier molecular flexibility index (Phi) is 7.41. The highest BCUT2D eigenvalue weighted by Crippen LogP contribution is 2.10. The van der Waals surface area contributed by atoms with Crippen LogP contribution in [0.2, 0.25) is 5.02 Å². The van der Waals surface area contributed by atoms with E-state index in [1.807, 2.05) is 24.3 Å². The van der Waals surface area contributed by atoms with Gasteiger partial charge in [0.1, 0.15) is 5.69 Å². The molecule has 0 atom stereocenters. The van der Waals surface area contributed by atoms with E-state index in [0.717, 1.165) is 18.4 Å². The minimum atomic E-state index is -0.262. The number of hydrogen-bond acceptors (Lipinski definition) is 3. The summed E-state index contributed by atoms with van der Waals surface area (Å²) in [6.45, 7) is 3.14. The van der Waals surface area contributed by atoms with E-state index < -0.39 is 0 Å². The second-order valence-electron chi connectivity index (χ2n) is 5.68. The smallest absolute Gasteiger partial charge is 0.269 e. The normalized spacial score (nSPS) is 10.3. The van der Waals surface area contributed by atoms with Crippen LogP contribution in [0.5, 0.6) is 0 Å². The summed E-state index contributed by atoms with van der Waals surface area (Å²) < 4.78 is 0. The van der Waals surface area contributed by atoms with Crippen molar-refractivity contribution in [2.45, 2.75) is 26.2 Å². The van der Waals surface area contributed by atoms with Crippen molar-refractivity contribution in [2.75, 3.05) is 13.1 Å². The van der Waals surface area contributed by atoms with Crippen LogP contribution in [0.3, 0.4) is 0 Å². The number of benzene rings is 1. The van der Waals surface area contributed by atoms with Crippen LogP contribution >= 0.6 is 11.6 Å². The van der Waals surface area contributed by atoms with Crippen molar-refractivity contribution >= 4 is 23.4 Å². The number of aromatic nitrogens is 1. The lowest BCUT2D eigenvalue weighted by molar-refractivity contribution is 0.0948. The standard InChI is InChI=1S/C19H22ClN3O2/c1-2-3-9-22-19(25)17-13-15(8-11-21-17)18(24)23-10-7-14-5-4-6-16(20)12-14/h4-6,8,11-13H,2-3,7,9-10H2,1H3,(H,22,25)(H,23,24). The SMILES string of the molecule is CCCCNC(=O)c1cc(C(=O)NCCc2cccc(Cl)c2)ccn1. The first-order chi connectivity index (χ1) is 12.1. The zero-order valence-electron chi connectivity index (χ0n) is 14.2. The third kappa shape index (κ3) is 6.19. The molecule has 132 valence electrons. The van der Waals surface area contributed by atoms with Gasteiger partial charge >= 0.3 is 0 Å². The third-order valence-electron chi connectivity index (χ3n) is 3.66. The predicted octanol–water partition coefficient (Wildman–Crippen LogP) is 3.24. The summed E-state index contributed by atoms with van der Waals surface area (Å²) in [5, 5.41) is 6.31. The molecule has 1 heterocycles. The number of carbonyl (C=O) groups is 2. The molecule has 0 aliphatic rings. The highest BCUT2D eigenvalue weighted by molar-refractivity contribution is 6.30. The summed E-state index contributed by atoms with van der Waals surface area (Å²) in [7, 11) is 0. The fraction of sp³-hybridized carbons (Fsp3) is 0.316. The highest BCUT2D eigenvalue weighted by Gasteiger charge is 2.11. The number of unbranched alkanes of at least 4 members (excludes halogenated alkanes) is 1. The average Bonchev–Trinajstić information content (AvgIpc) is 2.62. The summed E-state index contributed by atoms with van der Waals surface area (Å²) in [6, 6.07) is 10.6. The second kappa shape index (κ2) is 9.79. The van der Waals surface area contributed by atoms with Crippen molar-refractivity contribution in [2.24, 2.45) is 0 Å². The molecule has 2 amide bonds. The number of nitrogens with zero attached hydrogens (tertiary/aromatic N) is 1. The molecule has 5 nitrogen and oxygen atoms in total. The lowest BCUT2D eigenvalue weighted by Crippen LogP contribution is -2.28. The Morgan fingerprint density at radius 1 is 1.08 bits per heavy atom. The fourth-order valence-electron chi connectivity index (χ4n) is 2.28. The van der Waals surface area contributed by atoms with E-state index in [0.29, 0.717) is 30.1 Å². The maximum atomic E-state index is 12.2. The zero-order valence-corrected chi connectivity index (χ0v) is 15.0. The number of hydrogen-bond donors (Lipinski definition) is 2. The van der Waals surface area contributed by atoms with Gasteiger partial charge in [-0.05, 0) is 42.7 Å². The Morgan fingerprint density at radius 2 is 1.88 bits per heavy atom.